The van der Waals surface area contributed by atoms with E-state index >= 15 is 0 Å². The molecule has 0 aromatic carbocycles. The second kappa shape index (κ2) is 7.80. The Labute approximate surface area is 148 Å². The molecule has 25 heavy (non-hydrogen) atoms. The number of piperazine rings is 1. The van der Waals surface area contributed by atoms with Gasteiger partial charge in [-0.3, -0.25) is 14.4 Å². The summed E-state index contributed by atoms with van der Waals surface area (Å²) in [6.07, 6.45) is 1.80. The summed E-state index contributed by atoms with van der Waals surface area (Å²) in [7, 11) is 0. The highest BCUT2D eigenvalue weighted by molar-refractivity contribution is 5.92. The zero-order valence-corrected chi connectivity index (χ0v) is 15.6. The number of carbonyl (C=O) groups is 2. The van der Waals surface area contributed by atoms with Crippen LogP contribution in [-0.2, 0) is 11.3 Å². The van der Waals surface area contributed by atoms with Crippen LogP contribution in [0.25, 0.3) is 0 Å². The molecule has 0 bridgehead atoms. The predicted molar refractivity (Wildman–Crippen MR) is 95.3 cm³/mol. The molecule has 2 heterocycles. The van der Waals surface area contributed by atoms with E-state index < -0.39 is 5.41 Å². The molecule has 0 atom stereocenters. The van der Waals surface area contributed by atoms with Crippen LogP contribution in [0.4, 0.5) is 0 Å². The maximum Gasteiger partial charge on any atom is 0.274 e. The van der Waals surface area contributed by atoms with Crippen molar-refractivity contribution < 1.29 is 9.59 Å². The van der Waals surface area contributed by atoms with Crippen molar-refractivity contribution in [2.24, 2.45) is 5.41 Å². The monoisotopic (exact) mass is 348 g/mol. The number of unbranched alkanes of at least 4 members (excludes halogenated alkanes) is 1. The molecule has 0 aliphatic carbocycles. The number of hydrogen-bond donors (Lipinski definition) is 0. The van der Waals surface area contributed by atoms with E-state index in [1.54, 1.807) is 9.80 Å². The Bertz CT molecular complexity index is 682. The molecule has 2 amide bonds. The van der Waals surface area contributed by atoms with Gasteiger partial charge in [0.15, 0.2) is 0 Å². The van der Waals surface area contributed by atoms with Gasteiger partial charge in [-0.2, -0.15) is 5.10 Å². The highest BCUT2D eigenvalue weighted by atomic mass is 16.2. The SMILES string of the molecule is CCCCn1nc(C(=O)N2CCN(C(=O)C(C)(C)C)CC2)ccc1=O. The van der Waals surface area contributed by atoms with Gasteiger partial charge in [-0.05, 0) is 12.5 Å². The summed E-state index contributed by atoms with van der Waals surface area (Å²) in [4.78, 5) is 40.3. The lowest BCUT2D eigenvalue weighted by Crippen LogP contribution is -2.53. The summed E-state index contributed by atoms with van der Waals surface area (Å²) in [5, 5.41) is 4.21. The summed E-state index contributed by atoms with van der Waals surface area (Å²) >= 11 is 0. The topological polar surface area (TPSA) is 75.5 Å². The average molecular weight is 348 g/mol. The van der Waals surface area contributed by atoms with Crippen LogP contribution in [0.3, 0.4) is 0 Å². The Morgan fingerprint density at radius 3 is 2.24 bits per heavy atom. The van der Waals surface area contributed by atoms with Crippen LogP contribution in [0.15, 0.2) is 16.9 Å². The van der Waals surface area contributed by atoms with Gasteiger partial charge in [-0.15, -0.1) is 0 Å². The number of amides is 2. The Hall–Kier alpha value is -2.18. The molecule has 0 spiro atoms. The number of nitrogens with zero attached hydrogens (tertiary/aromatic N) is 4. The lowest BCUT2D eigenvalue weighted by molar-refractivity contribution is -0.140. The summed E-state index contributed by atoms with van der Waals surface area (Å²) in [6, 6.07) is 2.88. The minimum atomic E-state index is -0.414. The fraction of sp³-hybridized carbons (Fsp3) is 0.667. The second-order valence-electron chi connectivity index (χ2n) is 7.47. The molecule has 0 saturated carbocycles. The first kappa shape index (κ1) is 19.1. The second-order valence-corrected chi connectivity index (χ2v) is 7.47. The zero-order valence-electron chi connectivity index (χ0n) is 15.6. The first-order valence-corrected chi connectivity index (χ1v) is 8.91. The largest absolute Gasteiger partial charge is 0.339 e. The van der Waals surface area contributed by atoms with Crippen LogP contribution < -0.4 is 5.56 Å². The van der Waals surface area contributed by atoms with Crippen molar-refractivity contribution in [2.45, 2.75) is 47.1 Å². The van der Waals surface area contributed by atoms with Crippen LogP contribution in [-0.4, -0.2) is 57.6 Å². The summed E-state index contributed by atoms with van der Waals surface area (Å²) in [5.41, 5.74) is -0.320. The van der Waals surface area contributed by atoms with Gasteiger partial charge in [0.1, 0.15) is 5.69 Å². The van der Waals surface area contributed by atoms with Gasteiger partial charge < -0.3 is 9.80 Å². The van der Waals surface area contributed by atoms with Crippen LogP contribution in [0, 0.1) is 5.41 Å². The van der Waals surface area contributed by atoms with Crippen LogP contribution in [0.1, 0.15) is 51.0 Å². The van der Waals surface area contributed by atoms with E-state index in [1.165, 1.54) is 16.8 Å². The summed E-state index contributed by atoms with van der Waals surface area (Å²) in [5.74, 6) is -0.0843. The van der Waals surface area contributed by atoms with Crippen molar-refractivity contribution in [3.8, 4) is 0 Å². The van der Waals surface area contributed by atoms with Crippen molar-refractivity contribution in [1.29, 1.82) is 0 Å². The van der Waals surface area contributed by atoms with Crippen molar-refractivity contribution in [3.63, 3.8) is 0 Å². The zero-order chi connectivity index (χ0) is 18.6. The van der Waals surface area contributed by atoms with E-state index in [-0.39, 0.29) is 23.1 Å². The van der Waals surface area contributed by atoms with Crippen LogP contribution in [0.2, 0.25) is 0 Å². The van der Waals surface area contributed by atoms with E-state index in [0.717, 1.165) is 12.8 Å². The normalized spacial score (nSPS) is 15.4. The third-order valence-electron chi connectivity index (χ3n) is 4.30. The van der Waals surface area contributed by atoms with Gasteiger partial charge >= 0.3 is 0 Å². The molecule has 1 saturated heterocycles. The molecule has 1 fully saturated rings. The van der Waals surface area contributed by atoms with E-state index in [4.69, 9.17) is 0 Å². The molecule has 0 unspecified atom stereocenters. The number of hydrogen-bond acceptors (Lipinski definition) is 4. The average Bonchev–Trinajstić information content (AvgIpc) is 2.59. The van der Waals surface area contributed by atoms with E-state index in [1.807, 2.05) is 27.7 Å². The molecule has 1 aromatic heterocycles. The molecular weight excluding hydrogens is 320 g/mol. The molecule has 1 aliphatic rings. The van der Waals surface area contributed by atoms with Gasteiger partial charge in [0.05, 0.1) is 0 Å². The van der Waals surface area contributed by atoms with Gasteiger partial charge in [-0.1, -0.05) is 34.1 Å². The minimum absolute atomic E-state index is 0.103. The first-order valence-electron chi connectivity index (χ1n) is 8.91. The predicted octanol–water partition coefficient (Wildman–Crippen LogP) is 1.37. The maximum absolute atomic E-state index is 12.7. The molecule has 7 heteroatoms. The summed E-state index contributed by atoms with van der Waals surface area (Å²) in [6.45, 7) is 10.3. The third kappa shape index (κ3) is 4.67. The van der Waals surface area contributed by atoms with E-state index in [2.05, 4.69) is 5.10 Å². The Morgan fingerprint density at radius 1 is 1.08 bits per heavy atom. The molecule has 2 rings (SSSR count). The number of aromatic nitrogens is 2. The fourth-order valence-electron chi connectivity index (χ4n) is 2.78. The molecule has 0 radical (unpaired) electrons. The number of rotatable bonds is 4. The summed E-state index contributed by atoms with van der Waals surface area (Å²) < 4.78 is 1.36. The van der Waals surface area contributed by atoms with Crippen molar-refractivity contribution >= 4 is 11.8 Å². The molecule has 1 aromatic rings. The van der Waals surface area contributed by atoms with Gasteiger partial charge in [0.2, 0.25) is 5.91 Å². The Balaban J connectivity index is 2.03. The maximum atomic E-state index is 12.7. The van der Waals surface area contributed by atoms with Crippen LogP contribution in [0.5, 0.6) is 0 Å². The van der Waals surface area contributed by atoms with Gasteiger partial charge in [0.25, 0.3) is 11.5 Å². The van der Waals surface area contributed by atoms with Crippen molar-refractivity contribution in [2.75, 3.05) is 26.2 Å². The lowest BCUT2D eigenvalue weighted by Gasteiger charge is -2.37. The van der Waals surface area contributed by atoms with E-state index in [9.17, 15) is 14.4 Å². The standard InChI is InChI=1S/C18H28N4O3/c1-5-6-9-22-15(23)8-7-14(19-22)16(24)20-10-12-21(13-11-20)17(25)18(2,3)4/h7-8H,5-6,9-13H2,1-4H3. The number of carbonyl (C=O) groups excluding carboxylic acids is 2. The van der Waals surface area contributed by atoms with Gasteiger partial charge in [-0.25, -0.2) is 4.68 Å². The van der Waals surface area contributed by atoms with Crippen molar-refractivity contribution in [3.05, 3.63) is 28.2 Å². The smallest absolute Gasteiger partial charge is 0.274 e. The highest BCUT2D eigenvalue weighted by Gasteiger charge is 2.31. The molecule has 7 nitrogen and oxygen atoms in total. The third-order valence-corrected chi connectivity index (χ3v) is 4.30. The Kier molecular flexibility index (Phi) is 5.98. The number of aryl methyl sites for hydroxylation is 1. The van der Waals surface area contributed by atoms with E-state index in [0.29, 0.717) is 32.7 Å². The molecular formula is C18H28N4O3. The lowest BCUT2D eigenvalue weighted by atomic mass is 9.94. The minimum Gasteiger partial charge on any atom is -0.339 e. The van der Waals surface area contributed by atoms with Crippen LogP contribution >= 0.6 is 0 Å². The molecule has 0 N–H and O–H groups in total. The van der Waals surface area contributed by atoms with Crippen molar-refractivity contribution in [1.82, 2.24) is 19.6 Å². The molecule has 138 valence electrons. The first-order chi connectivity index (χ1) is 11.7. The Morgan fingerprint density at radius 2 is 1.68 bits per heavy atom. The molecule has 1 aliphatic heterocycles. The van der Waals surface area contributed by atoms with Gasteiger partial charge in [0, 0.05) is 44.2 Å². The highest BCUT2D eigenvalue weighted by Crippen LogP contribution is 2.19. The quantitative estimate of drug-likeness (QED) is 0.824. The fourth-order valence-corrected chi connectivity index (χ4v) is 2.78.